The molecular weight excluding hydrogens is 343 g/mol. The van der Waals surface area contributed by atoms with Crippen molar-refractivity contribution in [2.45, 2.75) is 19.1 Å². The van der Waals surface area contributed by atoms with Crippen LogP contribution in [0.5, 0.6) is 0 Å². The summed E-state index contributed by atoms with van der Waals surface area (Å²) in [5.41, 5.74) is -0.155. The maximum Gasteiger partial charge on any atom is 0.390 e. The van der Waals surface area contributed by atoms with Crippen LogP contribution in [-0.4, -0.2) is 38.8 Å². The molecular formula is C15H10F3N3O4. The summed E-state index contributed by atoms with van der Waals surface area (Å²) in [7, 11) is 0. The third-order valence-electron chi connectivity index (χ3n) is 3.46. The second-order valence-corrected chi connectivity index (χ2v) is 5.13. The number of rotatable bonds is 4. The molecule has 1 aliphatic heterocycles. The van der Waals surface area contributed by atoms with Crippen LogP contribution in [0, 0.1) is 0 Å². The summed E-state index contributed by atoms with van der Waals surface area (Å²) in [6.07, 6.45) is -4.49. The Labute approximate surface area is 138 Å². The fourth-order valence-electron chi connectivity index (χ4n) is 2.30. The van der Waals surface area contributed by atoms with Gasteiger partial charge in [0.1, 0.15) is 5.69 Å². The van der Waals surface area contributed by atoms with Crippen LogP contribution in [-0.2, 0) is 11.4 Å². The van der Waals surface area contributed by atoms with E-state index in [1.807, 2.05) is 0 Å². The van der Waals surface area contributed by atoms with E-state index in [2.05, 4.69) is 5.10 Å². The van der Waals surface area contributed by atoms with Gasteiger partial charge in [-0.05, 0) is 18.2 Å². The zero-order chi connectivity index (χ0) is 18.2. The van der Waals surface area contributed by atoms with E-state index in [9.17, 15) is 27.6 Å². The fourth-order valence-corrected chi connectivity index (χ4v) is 2.30. The van der Waals surface area contributed by atoms with Crippen LogP contribution in [0.25, 0.3) is 0 Å². The van der Waals surface area contributed by atoms with Gasteiger partial charge in [0.25, 0.3) is 11.8 Å². The molecule has 25 heavy (non-hydrogen) atoms. The van der Waals surface area contributed by atoms with E-state index in [1.165, 1.54) is 12.1 Å². The molecule has 0 saturated carbocycles. The van der Waals surface area contributed by atoms with Crippen LogP contribution < -0.4 is 0 Å². The van der Waals surface area contributed by atoms with Crippen molar-refractivity contribution in [1.82, 2.24) is 14.8 Å². The fraction of sp³-hybridized carbons (Fsp3) is 0.200. The number of nitrogens with zero attached hydrogens (tertiary/aromatic N) is 3. The Balaban J connectivity index is 1.75. The molecule has 0 aliphatic carbocycles. The maximum atomic E-state index is 12.3. The van der Waals surface area contributed by atoms with Crippen LogP contribution in [0.4, 0.5) is 13.2 Å². The van der Waals surface area contributed by atoms with E-state index in [-0.39, 0.29) is 21.9 Å². The number of amides is 2. The summed E-state index contributed by atoms with van der Waals surface area (Å²) in [5.74, 6) is -2.81. The smallest absolute Gasteiger partial charge is 0.323 e. The average Bonchev–Trinajstić information content (AvgIpc) is 3.12. The van der Waals surface area contributed by atoms with Crippen molar-refractivity contribution in [2.75, 3.05) is 0 Å². The monoisotopic (exact) mass is 353 g/mol. The van der Waals surface area contributed by atoms with Gasteiger partial charge < -0.3 is 4.84 Å². The maximum absolute atomic E-state index is 12.3. The van der Waals surface area contributed by atoms with E-state index in [0.717, 1.165) is 16.9 Å². The highest BCUT2D eigenvalue weighted by Gasteiger charge is 2.39. The average molecular weight is 353 g/mol. The first-order chi connectivity index (χ1) is 11.8. The summed E-state index contributed by atoms with van der Waals surface area (Å²) >= 11 is 0. The van der Waals surface area contributed by atoms with E-state index >= 15 is 0 Å². The lowest BCUT2D eigenvalue weighted by atomic mass is 10.1. The summed E-state index contributed by atoms with van der Waals surface area (Å²) in [4.78, 5) is 41.1. The van der Waals surface area contributed by atoms with Gasteiger partial charge >= 0.3 is 12.1 Å². The molecule has 0 bridgehead atoms. The molecule has 0 saturated heterocycles. The molecule has 0 fully saturated rings. The van der Waals surface area contributed by atoms with Crippen LogP contribution in [0.15, 0.2) is 36.5 Å². The van der Waals surface area contributed by atoms with E-state index < -0.39 is 36.9 Å². The van der Waals surface area contributed by atoms with Gasteiger partial charge in [0, 0.05) is 6.20 Å². The molecule has 2 aromatic rings. The molecule has 7 nitrogen and oxygen atoms in total. The van der Waals surface area contributed by atoms with Crippen LogP contribution in [0.1, 0.15) is 37.6 Å². The first kappa shape index (κ1) is 16.7. The molecule has 2 amide bonds. The Morgan fingerprint density at radius 3 is 2.24 bits per heavy atom. The highest BCUT2D eigenvalue weighted by Crippen LogP contribution is 2.24. The highest BCUT2D eigenvalue weighted by molar-refractivity contribution is 6.21. The Kier molecular flexibility index (Phi) is 4.03. The van der Waals surface area contributed by atoms with Crippen LogP contribution in [0.3, 0.4) is 0 Å². The summed E-state index contributed by atoms with van der Waals surface area (Å²) in [5, 5.41) is 3.91. The van der Waals surface area contributed by atoms with Crippen molar-refractivity contribution in [3.63, 3.8) is 0 Å². The van der Waals surface area contributed by atoms with Gasteiger partial charge in [-0.25, -0.2) is 4.79 Å². The first-order valence-electron chi connectivity index (χ1n) is 7.06. The highest BCUT2D eigenvalue weighted by atomic mass is 19.4. The molecule has 0 N–H and O–H groups in total. The van der Waals surface area contributed by atoms with Gasteiger partial charge in [-0.1, -0.05) is 17.2 Å². The number of halogens is 3. The number of aryl methyl sites for hydroxylation is 1. The molecule has 1 aromatic heterocycles. The Hall–Kier alpha value is -3.17. The van der Waals surface area contributed by atoms with Gasteiger partial charge in [-0.2, -0.15) is 18.3 Å². The van der Waals surface area contributed by atoms with Gasteiger partial charge in [-0.15, -0.1) is 0 Å². The van der Waals surface area contributed by atoms with E-state index in [4.69, 9.17) is 4.84 Å². The minimum absolute atomic E-state index is 0.0749. The van der Waals surface area contributed by atoms with Crippen molar-refractivity contribution < 1.29 is 32.4 Å². The molecule has 0 radical (unpaired) electrons. The van der Waals surface area contributed by atoms with Crippen LogP contribution in [0.2, 0.25) is 0 Å². The van der Waals surface area contributed by atoms with Crippen molar-refractivity contribution in [2.24, 2.45) is 0 Å². The van der Waals surface area contributed by atoms with Crippen molar-refractivity contribution >= 4 is 17.8 Å². The number of imide groups is 1. The lowest BCUT2D eigenvalue weighted by Gasteiger charge is -2.13. The molecule has 0 atom stereocenters. The number of fused-ring (bicyclic) bond motifs is 1. The number of alkyl halides is 3. The molecule has 1 aliphatic rings. The Morgan fingerprint density at radius 2 is 1.68 bits per heavy atom. The largest absolute Gasteiger partial charge is 0.390 e. The number of carbonyl (C=O) groups excluding carboxylic acids is 3. The summed E-state index contributed by atoms with van der Waals surface area (Å²) < 4.78 is 37.7. The van der Waals surface area contributed by atoms with E-state index in [0.29, 0.717) is 0 Å². The molecule has 130 valence electrons. The third kappa shape index (κ3) is 3.23. The second kappa shape index (κ2) is 6.04. The van der Waals surface area contributed by atoms with E-state index in [1.54, 1.807) is 12.1 Å². The topological polar surface area (TPSA) is 81.5 Å². The molecule has 10 heteroatoms. The number of benzene rings is 1. The standard InChI is InChI=1S/C15H10F3N3O4/c16-15(17,18)6-8-20-11(5-7-19-20)14(24)25-21-12(22)9-3-1-2-4-10(9)13(21)23/h1-5,7H,6,8H2. The summed E-state index contributed by atoms with van der Waals surface area (Å²) in [6.45, 7) is -0.594. The molecule has 1 aromatic carbocycles. The van der Waals surface area contributed by atoms with Gasteiger partial charge in [0.2, 0.25) is 0 Å². The summed E-state index contributed by atoms with van der Waals surface area (Å²) in [6, 6.07) is 7.02. The number of carbonyl (C=O) groups is 3. The minimum Gasteiger partial charge on any atom is -0.323 e. The Morgan fingerprint density at radius 1 is 1.08 bits per heavy atom. The molecule has 2 heterocycles. The minimum atomic E-state index is -4.42. The van der Waals surface area contributed by atoms with Gasteiger partial charge in [-0.3, -0.25) is 14.3 Å². The van der Waals surface area contributed by atoms with Crippen molar-refractivity contribution in [3.8, 4) is 0 Å². The predicted molar refractivity (Wildman–Crippen MR) is 75.3 cm³/mol. The Bertz CT molecular complexity index is 825. The number of hydroxylamine groups is 2. The number of aromatic nitrogens is 2. The lowest BCUT2D eigenvalue weighted by Crippen LogP contribution is -2.33. The second-order valence-electron chi connectivity index (χ2n) is 5.13. The van der Waals surface area contributed by atoms with Gasteiger partial charge in [0.15, 0.2) is 0 Å². The predicted octanol–water partition coefficient (Wildman–Crippen LogP) is 2.20. The first-order valence-corrected chi connectivity index (χ1v) is 7.06. The van der Waals surface area contributed by atoms with Crippen LogP contribution >= 0.6 is 0 Å². The quantitative estimate of drug-likeness (QED) is 0.787. The lowest BCUT2D eigenvalue weighted by molar-refractivity contribution is -0.137. The molecule has 3 rings (SSSR count). The number of hydrogen-bond acceptors (Lipinski definition) is 5. The van der Waals surface area contributed by atoms with Gasteiger partial charge in [0.05, 0.1) is 24.1 Å². The third-order valence-corrected chi connectivity index (χ3v) is 3.46. The van der Waals surface area contributed by atoms with Crippen molar-refractivity contribution in [3.05, 3.63) is 53.3 Å². The SMILES string of the molecule is O=C(ON1C(=O)c2ccccc2C1=O)c1ccnn1CCC(F)(F)F. The normalized spacial score (nSPS) is 14.0. The zero-order valence-corrected chi connectivity index (χ0v) is 12.5. The van der Waals surface area contributed by atoms with Crippen molar-refractivity contribution in [1.29, 1.82) is 0 Å². The molecule has 0 unspecified atom stereocenters. The zero-order valence-electron chi connectivity index (χ0n) is 12.5. The number of hydrogen-bond donors (Lipinski definition) is 0. The molecule has 0 spiro atoms.